The van der Waals surface area contributed by atoms with Crippen molar-refractivity contribution in [2.45, 2.75) is 52.9 Å². The number of rotatable bonds is 2. The van der Waals surface area contributed by atoms with Crippen molar-refractivity contribution in [1.82, 2.24) is 10.6 Å². The molecule has 22 heavy (non-hydrogen) atoms. The van der Waals surface area contributed by atoms with Crippen LogP contribution in [0.3, 0.4) is 0 Å². The minimum Gasteiger partial charge on any atom is -0.444 e. The van der Waals surface area contributed by atoms with Crippen LogP contribution in [-0.4, -0.2) is 50.3 Å². The second-order valence-corrected chi connectivity index (χ2v) is 8.51. The smallest absolute Gasteiger partial charge is 0.407 e. The van der Waals surface area contributed by atoms with E-state index in [1.165, 1.54) is 0 Å². The third kappa shape index (κ3) is 3.73. The number of amides is 1. The molecule has 0 saturated carbocycles. The maximum absolute atomic E-state index is 11.9. The van der Waals surface area contributed by atoms with E-state index >= 15 is 0 Å². The summed E-state index contributed by atoms with van der Waals surface area (Å²) in [5.74, 6) is -0.683. The number of carbonyl (C=O) groups excluding carboxylic acids is 1. The van der Waals surface area contributed by atoms with Gasteiger partial charge in [-0.3, -0.25) is 0 Å². The lowest BCUT2D eigenvalue weighted by Gasteiger charge is -2.48. The fraction of sp³-hybridized carbons (Fsp3) is 0.938. The van der Waals surface area contributed by atoms with Crippen LogP contribution in [0.2, 0.25) is 0 Å². The molecule has 0 aromatic carbocycles. The Morgan fingerprint density at radius 1 is 1.18 bits per heavy atom. The Balaban J connectivity index is 1.98. The molecule has 1 spiro atoms. The number of hydrogen-bond donors (Lipinski definition) is 2. The maximum atomic E-state index is 11.9. The minimum absolute atomic E-state index is 0.0212. The molecule has 128 valence electrons. The highest BCUT2D eigenvalue weighted by atomic mass is 16.7. The molecule has 6 nitrogen and oxygen atoms in total. The van der Waals surface area contributed by atoms with Crippen LogP contribution in [0.5, 0.6) is 0 Å². The standard InChI is InChI=1S/C16H30N2O4/c1-13(2,3)22-12(19)18-8-15(6)7-17-9-16(15)20-10-14(4,5)11-21-16/h17H,7-11H2,1-6H3,(H,18,19). The second kappa shape index (κ2) is 5.65. The maximum Gasteiger partial charge on any atom is 0.407 e. The van der Waals surface area contributed by atoms with Gasteiger partial charge in [0.1, 0.15) is 5.60 Å². The van der Waals surface area contributed by atoms with E-state index in [2.05, 4.69) is 31.4 Å². The van der Waals surface area contributed by atoms with Gasteiger partial charge in [0.15, 0.2) is 5.79 Å². The monoisotopic (exact) mass is 314 g/mol. The third-order valence-electron chi connectivity index (χ3n) is 4.21. The van der Waals surface area contributed by atoms with E-state index in [1.54, 1.807) is 0 Å². The predicted octanol–water partition coefficient (Wildman–Crippen LogP) is 1.89. The minimum atomic E-state index is -0.683. The lowest BCUT2D eigenvalue weighted by molar-refractivity contribution is -0.325. The first kappa shape index (κ1) is 17.5. The highest BCUT2D eigenvalue weighted by Gasteiger charge is 2.57. The Labute approximate surface area is 133 Å². The second-order valence-electron chi connectivity index (χ2n) is 8.51. The Morgan fingerprint density at radius 2 is 1.77 bits per heavy atom. The quantitative estimate of drug-likeness (QED) is 0.814. The lowest BCUT2D eigenvalue weighted by atomic mass is 9.82. The van der Waals surface area contributed by atoms with Gasteiger partial charge in [0.05, 0.1) is 25.2 Å². The largest absolute Gasteiger partial charge is 0.444 e. The molecule has 2 rings (SSSR count). The summed E-state index contributed by atoms with van der Waals surface area (Å²) in [7, 11) is 0. The van der Waals surface area contributed by atoms with Gasteiger partial charge in [0.25, 0.3) is 0 Å². The molecule has 1 unspecified atom stereocenters. The third-order valence-corrected chi connectivity index (χ3v) is 4.21. The molecule has 1 amide bonds. The summed E-state index contributed by atoms with van der Waals surface area (Å²) in [5, 5.41) is 6.18. The predicted molar refractivity (Wildman–Crippen MR) is 83.6 cm³/mol. The Morgan fingerprint density at radius 3 is 2.32 bits per heavy atom. The molecule has 0 aromatic rings. The van der Waals surface area contributed by atoms with Gasteiger partial charge >= 0.3 is 6.09 Å². The number of nitrogens with one attached hydrogen (secondary N) is 2. The Hall–Kier alpha value is -0.850. The van der Waals surface area contributed by atoms with Gasteiger partial charge in [-0.15, -0.1) is 0 Å². The molecular weight excluding hydrogens is 284 g/mol. The lowest BCUT2D eigenvalue weighted by Crippen LogP contribution is -2.60. The molecule has 2 aliphatic rings. The van der Waals surface area contributed by atoms with Crippen molar-refractivity contribution in [2.75, 3.05) is 32.8 Å². The number of alkyl carbamates (subject to hydrolysis) is 1. The van der Waals surface area contributed by atoms with Gasteiger partial charge in [-0.05, 0) is 20.8 Å². The van der Waals surface area contributed by atoms with Crippen molar-refractivity contribution in [1.29, 1.82) is 0 Å². The first-order valence-electron chi connectivity index (χ1n) is 7.93. The summed E-state index contributed by atoms with van der Waals surface area (Å²) in [6.07, 6.45) is -0.410. The van der Waals surface area contributed by atoms with Crippen LogP contribution in [0.25, 0.3) is 0 Å². The van der Waals surface area contributed by atoms with E-state index in [9.17, 15) is 4.79 Å². The first-order valence-corrected chi connectivity index (χ1v) is 7.93. The van der Waals surface area contributed by atoms with Gasteiger partial charge < -0.3 is 24.8 Å². The summed E-state index contributed by atoms with van der Waals surface area (Å²) in [5.41, 5.74) is -0.813. The van der Waals surface area contributed by atoms with E-state index in [1.807, 2.05) is 20.8 Å². The molecule has 0 radical (unpaired) electrons. The normalized spacial score (nSPS) is 30.3. The molecule has 0 bridgehead atoms. The van der Waals surface area contributed by atoms with Crippen LogP contribution in [0.15, 0.2) is 0 Å². The Kier molecular flexibility index (Phi) is 4.50. The highest BCUT2D eigenvalue weighted by molar-refractivity contribution is 5.67. The van der Waals surface area contributed by atoms with Crippen molar-refractivity contribution in [3.05, 3.63) is 0 Å². The van der Waals surface area contributed by atoms with Crippen molar-refractivity contribution in [3.63, 3.8) is 0 Å². The van der Waals surface area contributed by atoms with Crippen LogP contribution in [0, 0.1) is 10.8 Å². The average Bonchev–Trinajstić information content (AvgIpc) is 2.67. The van der Waals surface area contributed by atoms with E-state index in [4.69, 9.17) is 14.2 Å². The molecule has 6 heteroatoms. The number of carbonyl (C=O) groups is 1. The average molecular weight is 314 g/mol. The van der Waals surface area contributed by atoms with Crippen molar-refractivity contribution in [3.8, 4) is 0 Å². The fourth-order valence-corrected chi connectivity index (χ4v) is 2.79. The van der Waals surface area contributed by atoms with E-state index in [0.717, 1.165) is 6.54 Å². The Bertz CT molecular complexity index is 420. The fourth-order valence-electron chi connectivity index (χ4n) is 2.79. The van der Waals surface area contributed by atoms with Gasteiger partial charge in [-0.2, -0.15) is 0 Å². The SMILES string of the molecule is CC1(C)COC2(CNCC2(C)CNC(=O)OC(C)(C)C)OC1. The number of ether oxygens (including phenoxy) is 3. The zero-order valence-electron chi connectivity index (χ0n) is 14.7. The van der Waals surface area contributed by atoms with Crippen LogP contribution in [0.1, 0.15) is 41.5 Å². The number of hydrogen-bond acceptors (Lipinski definition) is 5. The molecular formula is C16H30N2O4. The first-order chi connectivity index (χ1) is 9.97. The van der Waals surface area contributed by atoms with Gasteiger partial charge in [0.2, 0.25) is 0 Å². The summed E-state index contributed by atoms with van der Waals surface area (Å²) < 4.78 is 17.5. The van der Waals surface area contributed by atoms with Crippen molar-refractivity contribution >= 4 is 6.09 Å². The van der Waals surface area contributed by atoms with Crippen LogP contribution in [0.4, 0.5) is 4.79 Å². The molecule has 2 aliphatic heterocycles. The molecule has 2 fully saturated rings. The van der Waals surface area contributed by atoms with E-state index in [0.29, 0.717) is 26.3 Å². The van der Waals surface area contributed by atoms with E-state index in [-0.39, 0.29) is 10.8 Å². The molecule has 2 N–H and O–H groups in total. The van der Waals surface area contributed by atoms with Crippen molar-refractivity contribution < 1.29 is 19.0 Å². The molecule has 0 aromatic heterocycles. The van der Waals surface area contributed by atoms with Gasteiger partial charge in [-0.1, -0.05) is 20.8 Å². The molecule has 0 aliphatic carbocycles. The molecule has 1 atom stereocenters. The summed E-state index contributed by atoms with van der Waals surface area (Å²) >= 11 is 0. The van der Waals surface area contributed by atoms with Crippen molar-refractivity contribution in [2.24, 2.45) is 10.8 Å². The molecule has 2 heterocycles. The molecule has 2 saturated heterocycles. The van der Waals surface area contributed by atoms with E-state index < -0.39 is 17.5 Å². The zero-order valence-corrected chi connectivity index (χ0v) is 14.7. The van der Waals surface area contributed by atoms with Gasteiger partial charge in [-0.25, -0.2) is 4.79 Å². The summed E-state index contributed by atoms with van der Waals surface area (Å²) in [6.45, 7) is 15.0. The van der Waals surface area contributed by atoms with Crippen LogP contribution in [-0.2, 0) is 14.2 Å². The summed E-state index contributed by atoms with van der Waals surface area (Å²) in [6, 6.07) is 0. The van der Waals surface area contributed by atoms with Gasteiger partial charge in [0, 0.05) is 18.5 Å². The zero-order chi connectivity index (χ0) is 16.6. The van der Waals surface area contributed by atoms with Crippen LogP contribution >= 0.6 is 0 Å². The van der Waals surface area contributed by atoms with Crippen LogP contribution < -0.4 is 10.6 Å². The highest BCUT2D eigenvalue weighted by Crippen LogP contribution is 2.43. The summed E-state index contributed by atoms with van der Waals surface area (Å²) in [4.78, 5) is 11.9. The topological polar surface area (TPSA) is 68.8 Å².